The lowest BCUT2D eigenvalue weighted by Gasteiger charge is -2.23. The predicted octanol–water partition coefficient (Wildman–Crippen LogP) is 3.36. The number of aromatic nitrogens is 2. The van der Waals surface area contributed by atoms with Crippen molar-refractivity contribution in [2.75, 3.05) is 0 Å². The molecule has 3 heteroatoms. The molecule has 0 radical (unpaired) electrons. The molecule has 1 aromatic carbocycles. The Morgan fingerprint density at radius 3 is 2.33 bits per heavy atom. The number of nitrogens with two attached hydrogens (primary N) is 1. The highest BCUT2D eigenvalue weighted by Gasteiger charge is 2.27. The maximum Gasteiger partial charge on any atom is 0.127 e. The van der Waals surface area contributed by atoms with Gasteiger partial charge >= 0.3 is 0 Å². The van der Waals surface area contributed by atoms with E-state index in [1.165, 1.54) is 0 Å². The lowest BCUT2D eigenvalue weighted by atomic mass is 9.93. The fourth-order valence-electron chi connectivity index (χ4n) is 2.16. The first-order chi connectivity index (χ1) is 8.60. The molecule has 2 aromatic rings. The molecule has 0 unspecified atom stereocenters. The smallest absolute Gasteiger partial charge is 0.127 e. The van der Waals surface area contributed by atoms with Gasteiger partial charge in [0.25, 0.3) is 0 Å². The van der Waals surface area contributed by atoms with Crippen molar-refractivity contribution in [3.63, 3.8) is 0 Å². The quantitative estimate of drug-likeness (QED) is 0.865. The second-order valence-corrected chi connectivity index (χ2v) is 4.79. The number of H-pyrrole nitrogens is 1. The molecule has 96 valence electrons. The first kappa shape index (κ1) is 12.8. The standard InChI is InChI=1S/C15H21N3/c1-4-15(16,5-2)14-17-11(3)13(18-14)12-9-7-6-8-10-12/h6-10H,4-5,16H2,1-3H3,(H,17,18). The van der Waals surface area contributed by atoms with Crippen LogP contribution in [0.25, 0.3) is 11.3 Å². The maximum absolute atomic E-state index is 6.38. The summed E-state index contributed by atoms with van der Waals surface area (Å²) < 4.78 is 0. The van der Waals surface area contributed by atoms with E-state index in [9.17, 15) is 0 Å². The molecule has 3 N–H and O–H groups in total. The van der Waals surface area contributed by atoms with Gasteiger partial charge < -0.3 is 10.7 Å². The third kappa shape index (κ3) is 2.18. The van der Waals surface area contributed by atoms with Gasteiger partial charge in [-0.05, 0) is 19.8 Å². The van der Waals surface area contributed by atoms with E-state index < -0.39 is 0 Å². The number of aromatic amines is 1. The first-order valence-corrected chi connectivity index (χ1v) is 6.52. The van der Waals surface area contributed by atoms with Crippen molar-refractivity contribution in [3.05, 3.63) is 41.9 Å². The number of imidazole rings is 1. The lowest BCUT2D eigenvalue weighted by Crippen LogP contribution is -2.36. The van der Waals surface area contributed by atoms with E-state index in [4.69, 9.17) is 10.7 Å². The Hall–Kier alpha value is -1.61. The molecule has 1 aromatic heterocycles. The molecule has 3 nitrogen and oxygen atoms in total. The predicted molar refractivity (Wildman–Crippen MR) is 75.2 cm³/mol. The molecule has 18 heavy (non-hydrogen) atoms. The van der Waals surface area contributed by atoms with Gasteiger partial charge in [0.2, 0.25) is 0 Å². The Morgan fingerprint density at radius 2 is 1.78 bits per heavy atom. The van der Waals surface area contributed by atoms with E-state index in [-0.39, 0.29) is 5.54 Å². The molecule has 1 heterocycles. The fraction of sp³-hybridized carbons (Fsp3) is 0.400. The van der Waals surface area contributed by atoms with Crippen molar-refractivity contribution in [3.8, 4) is 11.3 Å². The molecule has 0 amide bonds. The average Bonchev–Trinajstić information content (AvgIpc) is 2.81. The highest BCUT2D eigenvalue weighted by Crippen LogP contribution is 2.28. The molecule has 2 rings (SSSR count). The third-order valence-corrected chi connectivity index (χ3v) is 3.67. The van der Waals surface area contributed by atoms with Gasteiger partial charge in [-0.25, -0.2) is 4.98 Å². The summed E-state index contributed by atoms with van der Waals surface area (Å²) in [6, 6.07) is 10.2. The Morgan fingerprint density at radius 1 is 1.17 bits per heavy atom. The number of hydrogen-bond acceptors (Lipinski definition) is 2. The van der Waals surface area contributed by atoms with Crippen LogP contribution in [0.15, 0.2) is 30.3 Å². The Balaban J connectivity index is 2.45. The fourth-order valence-corrected chi connectivity index (χ4v) is 2.16. The molecule has 0 spiro atoms. The summed E-state index contributed by atoms with van der Waals surface area (Å²) in [5.41, 5.74) is 9.25. The van der Waals surface area contributed by atoms with Crippen LogP contribution in [0.1, 0.15) is 38.2 Å². The van der Waals surface area contributed by atoms with Crippen molar-refractivity contribution >= 4 is 0 Å². The second-order valence-electron chi connectivity index (χ2n) is 4.79. The van der Waals surface area contributed by atoms with Gasteiger partial charge in [-0.15, -0.1) is 0 Å². The summed E-state index contributed by atoms with van der Waals surface area (Å²) in [7, 11) is 0. The normalized spacial score (nSPS) is 11.8. The SMILES string of the molecule is CCC(N)(CC)c1nc(-c2ccccc2)c(C)[nH]1. The van der Waals surface area contributed by atoms with Gasteiger partial charge in [0, 0.05) is 11.3 Å². The monoisotopic (exact) mass is 243 g/mol. The van der Waals surface area contributed by atoms with Crippen LogP contribution in [0.4, 0.5) is 0 Å². The van der Waals surface area contributed by atoms with Crippen molar-refractivity contribution in [1.29, 1.82) is 0 Å². The Bertz CT molecular complexity index is 510. The summed E-state index contributed by atoms with van der Waals surface area (Å²) >= 11 is 0. The number of nitrogens with one attached hydrogen (secondary N) is 1. The van der Waals surface area contributed by atoms with Crippen LogP contribution in [0, 0.1) is 6.92 Å². The number of nitrogens with zero attached hydrogens (tertiary/aromatic N) is 1. The minimum atomic E-state index is -0.349. The number of aryl methyl sites for hydroxylation is 1. The minimum absolute atomic E-state index is 0.349. The van der Waals surface area contributed by atoms with E-state index >= 15 is 0 Å². The molecule has 0 saturated heterocycles. The molecule has 0 aliphatic carbocycles. The highest BCUT2D eigenvalue weighted by molar-refractivity contribution is 5.61. The van der Waals surface area contributed by atoms with Crippen LogP contribution in [0.5, 0.6) is 0 Å². The topological polar surface area (TPSA) is 54.7 Å². The van der Waals surface area contributed by atoms with Crippen LogP contribution in [-0.2, 0) is 5.54 Å². The summed E-state index contributed by atoms with van der Waals surface area (Å²) in [5, 5.41) is 0. The van der Waals surface area contributed by atoms with E-state index in [0.717, 1.165) is 35.6 Å². The zero-order chi connectivity index (χ0) is 13.2. The van der Waals surface area contributed by atoms with Crippen molar-refractivity contribution < 1.29 is 0 Å². The lowest BCUT2D eigenvalue weighted by molar-refractivity contribution is 0.390. The minimum Gasteiger partial charge on any atom is -0.344 e. The summed E-state index contributed by atoms with van der Waals surface area (Å²) in [5.74, 6) is 0.892. The molecule has 0 bridgehead atoms. The van der Waals surface area contributed by atoms with E-state index in [1.807, 2.05) is 25.1 Å². The Labute approximate surface area is 108 Å². The molecule has 0 fully saturated rings. The highest BCUT2D eigenvalue weighted by atomic mass is 15.0. The van der Waals surface area contributed by atoms with Gasteiger partial charge in [0.15, 0.2) is 0 Å². The zero-order valence-electron chi connectivity index (χ0n) is 11.3. The van der Waals surface area contributed by atoms with Crippen molar-refractivity contribution in [1.82, 2.24) is 9.97 Å². The summed E-state index contributed by atoms with van der Waals surface area (Å²) in [4.78, 5) is 8.06. The van der Waals surface area contributed by atoms with Gasteiger partial charge in [0.05, 0.1) is 11.2 Å². The van der Waals surface area contributed by atoms with E-state index in [2.05, 4.69) is 31.0 Å². The van der Waals surface area contributed by atoms with Crippen LogP contribution >= 0.6 is 0 Å². The molecule has 0 aliphatic heterocycles. The third-order valence-electron chi connectivity index (χ3n) is 3.67. The van der Waals surface area contributed by atoms with Crippen LogP contribution in [0.2, 0.25) is 0 Å². The van der Waals surface area contributed by atoms with Crippen LogP contribution in [0.3, 0.4) is 0 Å². The number of hydrogen-bond donors (Lipinski definition) is 2. The van der Waals surface area contributed by atoms with E-state index in [1.54, 1.807) is 0 Å². The van der Waals surface area contributed by atoms with Crippen LogP contribution < -0.4 is 5.73 Å². The number of rotatable bonds is 4. The Kier molecular flexibility index (Phi) is 3.53. The van der Waals surface area contributed by atoms with E-state index in [0.29, 0.717) is 0 Å². The average molecular weight is 243 g/mol. The number of benzene rings is 1. The van der Waals surface area contributed by atoms with Gasteiger partial charge in [0.1, 0.15) is 5.82 Å². The largest absolute Gasteiger partial charge is 0.344 e. The van der Waals surface area contributed by atoms with Gasteiger partial charge in [-0.3, -0.25) is 0 Å². The second kappa shape index (κ2) is 4.94. The zero-order valence-corrected chi connectivity index (χ0v) is 11.3. The molecular weight excluding hydrogens is 222 g/mol. The molecular formula is C15H21N3. The molecule has 0 saturated carbocycles. The van der Waals surface area contributed by atoms with Crippen LogP contribution in [-0.4, -0.2) is 9.97 Å². The van der Waals surface area contributed by atoms with Gasteiger partial charge in [-0.2, -0.15) is 0 Å². The first-order valence-electron chi connectivity index (χ1n) is 6.52. The summed E-state index contributed by atoms with van der Waals surface area (Å²) in [6.45, 7) is 6.25. The van der Waals surface area contributed by atoms with Crippen molar-refractivity contribution in [2.45, 2.75) is 39.2 Å². The molecule has 0 atom stereocenters. The van der Waals surface area contributed by atoms with Gasteiger partial charge in [-0.1, -0.05) is 44.2 Å². The molecule has 0 aliphatic rings. The van der Waals surface area contributed by atoms with Crippen molar-refractivity contribution in [2.24, 2.45) is 5.73 Å². The summed E-state index contributed by atoms with van der Waals surface area (Å²) in [6.07, 6.45) is 1.76. The maximum atomic E-state index is 6.38.